The van der Waals surface area contributed by atoms with Crippen molar-refractivity contribution < 1.29 is 30.3 Å². The minimum Gasteiger partial charge on any atom is -0.393 e. The van der Waals surface area contributed by atoms with Gasteiger partial charge in [-0.2, -0.15) is 5.26 Å². The van der Waals surface area contributed by atoms with Gasteiger partial charge in [0.2, 0.25) is 0 Å². The van der Waals surface area contributed by atoms with Crippen LogP contribution in [0.25, 0.3) is 33.8 Å². The van der Waals surface area contributed by atoms with E-state index < -0.39 is 0 Å². The van der Waals surface area contributed by atoms with Gasteiger partial charge in [-0.05, 0) is 88.0 Å². The third-order valence-electron chi connectivity index (χ3n) is 9.51. The normalized spacial score (nSPS) is 12.2. The standard InChI is InChI=1S/C28H24N3.C17H36O2.Ir/c1-17-8-18(2)11-23(10-17)27-28(24-12-19(3)9-20(4)13-24)31-26(16-30-27)25-7-6-22(15-29)14-21(25)5;1-5-9-14(10-6-2)16(18)13-17(19)15(11-7-3)12-8-4;/h6-10,12-14,16H,1-5H3;14-19H,5-13H2,1-4H3;/q-1;;. The van der Waals surface area contributed by atoms with Crippen LogP contribution in [0.15, 0.2) is 54.7 Å². The summed E-state index contributed by atoms with van der Waals surface area (Å²) in [5.41, 5.74) is 11.7. The Balaban J connectivity index is 0.000000392. The molecule has 0 aliphatic heterocycles. The van der Waals surface area contributed by atoms with Gasteiger partial charge in [-0.1, -0.05) is 103 Å². The van der Waals surface area contributed by atoms with E-state index >= 15 is 0 Å². The summed E-state index contributed by atoms with van der Waals surface area (Å²) in [6.07, 6.45) is 10.5. The van der Waals surface area contributed by atoms with Crippen molar-refractivity contribution in [1.29, 1.82) is 5.26 Å². The molecule has 0 aliphatic rings. The number of aliphatic hydroxyl groups excluding tert-OH is 2. The van der Waals surface area contributed by atoms with Crippen LogP contribution in [0, 0.1) is 63.9 Å². The maximum Gasteiger partial charge on any atom is 0.0991 e. The minimum absolute atomic E-state index is 0. The molecule has 0 amide bonds. The molecule has 4 rings (SSSR count). The van der Waals surface area contributed by atoms with E-state index in [9.17, 15) is 15.5 Å². The maximum atomic E-state index is 10.4. The quantitative estimate of drug-likeness (QED) is 0.116. The molecule has 51 heavy (non-hydrogen) atoms. The van der Waals surface area contributed by atoms with Crippen molar-refractivity contribution in [2.24, 2.45) is 11.8 Å². The number of rotatable bonds is 15. The summed E-state index contributed by atoms with van der Waals surface area (Å²) in [6, 6.07) is 22.0. The Bertz CT molecular complexity index is 1640. The molecule has 3 aromatic carbocycles. The monoisotopic (exact) mass is 867 g/mol. The number of benzene rings is 3. The second-order valence-corrected chi connectivity index (χ2v) is 14.3. The van der Waals surface area contributed by atoms with Crippen LogP contribution < -0.4 is 0 Å². The van der Waals surface area contributed by atoms with Crippen LogP contribution in [0.2, 0.25) is 0 Å². The van der Waals surface area contributed by atoms with Gasteiger partial charge in [0.1, 0.15) is 0 Å². The molecule has 2 atom stereocenters. The van der Waals surface area contributed by atoms with Crippen LogP contribution in [0.4, 0.5) is 0 Å². The first kappa shape index (κ1) is 44.0. The van der Waals surface area contributed by atoms with Crippen LogP contribution in [0.5, 0.6) is 0 Å². The van der Waals surface area contributed by atoms with E-state index in [4.69, 9.17) is 9.97 Å². The van der Waals surface area contributed by atoms with Crippen LogP contribution in [-0.2, 0) is 20.1 Å². The maximum absolute atomic E-state index is 10.4. The van der Waals surface area contributed by atoms with Gasteiger partial charge >= 0.3 is 0 Å². The Morgan fingerprint density at radius 3 is 1.71 bits per heavy atom. The van der Waals surface area contributed by atoms with Crippen molar-refractivity contribution in [2.75, 3.05) is 0 Å². The van der Waals surface area contributed by atoms with Gasteiger partial charge in [-0.15, -0.1) is 34.9 Å². The molecule has 277 valence electrons. The van der Waals surface area contributed by atoms with Gasteiger partial charge in [0.15, 0.2) is 0 Å². The molecule has 0 spiro atoms. The molecule has 0 fully saturated rings. The second-order valence-electron chi connectivity index (χ2n) is 14.3. The van der Waals surface area contributed by atoms with Crippen LogP contribution in [0.3, 0.4) is 0 Å². The van der Waals surface area contributed by atoms with E-state index in [-0.39, 0.29) is 32.3 Å². The third kappa shape index (κ3) is 13.1. The molecule has 0 saturated carbocycles. The number of nitriles is 1. The fourth-order valence-electron chi connectivity index (χ4n) is 7.25. The van der Waals surface area contributed by atoms with E-state index in [0.717, 1.165) is 96.3 Å². The molecule has 1 heterocycles. The van der Waals surface area contributed by atoms with Gasteiger partial charge in [-0.3, -0.25) is 4.98 Å². The number of aliphatic hydroxyl groups is 2. The van der Waals surface area contributed by atoms with Crippen molar-refractivity contribution >= 4 is 0 Å². The first-order valence-electron chi connectivity index (χ1n) is 18.8. The van der Waals surface area contributed by atoms with Gasteiger partial charge in [0.25, 0.3) is 0 Å². The van der Waals surface area contributed by atoms with Crippen molar-refractivity contribution in [2.45, 2.75) is 132 Å². The summed E-state index contributed by atoms with van der Waals surface area (Å²) in [5, 5.41) is 29.9. The summed E-state index contributed by atoms with van der Waals surface area (Å²) in [6.45, 7) is 19.0. The number of aryl methyl sites for hydroxylation is 5. The van der Waals surface area contributed by atoms with E-state index in [2.05, 4.69) is 97.9 Å². The van der Waals surface area contributed by atoms with Crippen molar-refractivity contribution in [3.8, 4) is 39.8 Å². The Hall–Kier alpha value is -3.20. The molecule has 4 aromatic rings. The predicted molar refractivity (Wildman–Crippen MR) is 209 cm³/mol. The molecule has 0 saturated heterocycles. The number of nitrogens with zero attached hydrogens (tertiary/aromatic N) is 3. The Morgan fingerprint density at radius 2 is 1.24 bits per heavy atom. The zero-order valence-corrected chi connectivity index (χ0v) is 34.8. The van der Waals surface area contributed by atoms with Crippen LogP contribution in [0.1, 0.15) is 119 Å². The number of aromatic nitrogens is 2. The third-order valence-corrected chi connectivity index (χ3v) is 9.51. The molecule has 1 radical (unpaired) electrons. The first-order valence-corrected chi connectivity index (χ1v) is 18.8. The Kier molecular flexibility index (Phi) is 19.0. The largest absolute Gasteiger partial charge is 0.393 e. The molecule has 0 bridgehead atoms. The van der Waals surface area contributed by atoms with Gasteiger partial charge in [0.05, 0.1) is 35.2 Å². The summed E-state index contributed by atoms with van der Waals surface area (Å²) < 4.78 is 0. The van der Waals surface area contributed by atoms with Crippen molar-refractivity contribution in [3.05, 3.63) is 94.2 Å². The Morgan fingerprint density at radius 1 is 0.706 bits per heavy atom. The second kappa shape index (κ2) is 22.0. The molecular weight excluding hydrogens is 807 g/mol. The smallest absolute Gasteiger partial charge is 0.0991 e. The number of hydrogen-bond acceptors (Lipinski definition) is 5. The predicted octanol–water partition coefficient (Wildman–Crippen LogP) is 11.2. The summed E-state index contributed by atoms with van der Waals surface area (Å²) in [4.78, 5) is 9.95. The van der Waals surface area contributed by atoms with E-state index in [1.807, 2.05) is 31.3 Å². The molecule has 6 heteroatoms. The average molecular weight is 867 g/mol. The van der Waals surface area contributed by atoms with Gasteiger partial charge < -0.3 is 15.2 Å². The topological polar surface area (TPSA) is 90.0 Å². The minimum atomic E-state index is -0.328. The zero-order chi connectivity index (χ0) is 36.8. The fourth-order valence-corrected chi connectivity index (χ4v) is 7.25. The van der Waals surface area contributed by atoms with E-state index in [1.54, 1.807) is 0 Å². The van der Waals surface area contributed by atoms with E-state index in [0.29, 0.717) is 23.8 Å². The van der Waals surface area contributed by atoms with Gasteiger partial charge in [0, 0.05) is 37.6 Å². The molecular formula is C45H60IrN3O2-. The first-order chi connectivity index (χ1) is 23.9. The van der Waals surface area contributed by atoms with Crippen LogP contribution in [-0.4, -0.2) is 32.4 Å². The molecule has 2 N–H and O–H groups in total. The summed E-state index contributed by atoms with van der Waals surface area (Å²) in [5.74, 6) is 0.738. The van der Waals surface area contributed by atoms with Crippen molar-refractivity contribution in [3.63, 3.8) is 0 Å². The zero-order valence-electron chi connectivity index (χ0n) is 32.4. The summed E-state index contributed by atoms with van der Waals surface area (Å²) in [7, 11) is 0. The summed E-state index contributed by atoms with van der Waals surface area (Å²) >= 11 is 0. The van der Waals surface area contributed by atoms with Crippen molar-refractivity contribution in [1.82, 2.24) is 9.97 Å². The average Bonchev–Trinajstić information content (AvgIpc) is 3.07. The molecule has 5 nitrogen and oxygen atoms in total. The van der Waals surface area contributed by atoms with E-state index in [1.165, 1.54) is 16.7 Å². The molecule has 2 unspecified atom stereocenters. The van der Waals surface area contributed by atoms with Gasteiger partial charge in [-0.25, -0.2) is 0 Å². The Labute approximate surface area is 322 Å². The fraction of sp³-hybridized carbons (Fsp3) is 0.489. The SMILES string of the molecule is CCCC(CCC)C(O)CC(O)C(CCC)CCC.Cc1[c-]c(-c2ncc(-c3ccc(C#N)cc3C)nc2-c2cc(C)cc(C)c2)cc(C)c1.[Ir]. The molecule has 1 aromatic heterocycles. The molecule has 0 aliphatic carbocycles. The number of hydrogen-bond donors (Lipinski definition) is 2. The van der Waals surface area contributed by atoms with Crippen LogP contribution >= 0.6 is 0 Å².